The third kappa shape index (κ3) is 2.91. The molecule has 5 heteroatoms. The molecular formula is C15H21ClN2O2. The molecule has 1 N–H and O–H groups in total. The topological polar surface area (TPSA) is 51.2 Å². The second-order valence-electron chi connectivity index (χ2n) is 4.75. The zero-order valence-electron chi connectivity index (χ0n) is 12.2. The van der Waals surface area contributed by atoms with Crippen molar-refractivity contribution in [3.8, 4) is 0 Å². The molecule has 0 aliphatic carbocycles. The standard InChI is InChI=1S/C15H21ClN2O2/c1-4-10-7-8-14(20-10)13(19)9-12-15(16)11(5-2)17-18(12)6-3/h7-8,13,19H,4-6,9H2,1-3H3. The zero-order chi connectivity index (χ0) is 14.7. The number of aryl methyl sites for hydroxylation is 3. The van der Waals surface area contributed by atoms with Crippen LogP contribution in [0.1, 0.15) is 49.8 Å². The molecule has 4 nitrogen and oxygen atoms in total. The van der Waals surface area contributed by atoms with Crippen molar-refractivity contribution in [2.24, 2.45) is 0 Å². The van der Waals surface area contributed by atoms with Crippen molar-refractivity contribution >= 4 is 11.6 Å². The minimum atomic E-state index is -0.695. The summed E-state index contributed by atoms with van der Waals surface area (Å²) >= 11 is 6.35. The van der Waals surface area contributed by atoms with Crippen LogP contribution in [0.2, 0.25) is 5.02 Å². The number of aromatic nitrogens is 2. The lowest BCUT2D eigenvalue weighted by Crippen LogP contribution is -2.08. The Kier molecular flexibility index (Phi) is 4.89. The van der Waals surface area contributed by atoms with E-state index in [0.717, 1.165) is 36.5 Å². The Morgan fingerprint density at radius 1 is 1.30 bits per heavy atom. The summed E-state index contributed by atoms with van der Waals surface area (Å²) in [6, 6.07) is 3.72. The van der Waals surface area contributed by atoms with Gasteiger partial charge < -0.3 is 9.52 Å². The highest BCUT2D eigenvalue weighted by Crippen LogP contribution is 2.27. The number of furan rings is 1. The van der Waals surface area contributed by atoms with Crippen molar-refractivity contribution in [1.29, 1.82) is 0 Å². The summed E-state index contributed by atoms with van der Waals surface area (Å²) in [5, 5.41) is 15.4. The highest BCUT2D eigenvalue weighted by Gasteiger charge is 2.20. The van der Waals surface area contributed by atoms with Crippen LogP contribution < -0.4 is 0 Å². The number of halogens is 1. The fourth-order valence-corrected chi connectivity index (χ4v) is 2.61. The molecule has 1 atom stereocenters. The van der Waals surface area contributed by atoms with E-state index in [1.165, 1.54) is 0 Å². The predicted molar refractivity (Wildman–Crippen MR) is 79.0 cm³/mol. The number of hydrogen-bond acceptors (Lipinski definition) is 3. The fraction of sp³-hybridized carbons (Fsp3) is 0.533. The van der Waals surface area contributed by atoms with Gasteiger partial charge in [0, 0.05) is 19.4 Å². The van der Waals surface area contributed by atoms with Crippen LogP contribution in [-0.2, 0) is 25.8 Å². The summed E-state index contributed by atoms with van der Waals surface area (Å²) in [5.74, 6) is 1.46. The number of nitrogens with zero attached hydrogens (tertiary/aromatic N) is 2. The highest BCUT2D eigenvalue weighted by atomic mass is 35.5. The molecule has 20 heavy (non-hydrogen) atoms. The Labute approximate surface area is 124 Å². The number of aliphatic hydroxyl groups excluding tert-OH is 1. The van der Waals surface area contributed by atoms with E-state index in [9.17, 15) is 5.11 Å². The lowest BCUT2D eigenvalue weighted by molar-refractivity contribution is 0.146. The molecule has 0 aliphatic rings. The van der Waals surface area contributed by atoms with Gasteiger partial charge in [-0.1, -0.05) is 25.4 Å². The molecule has 0 saturated heterocycles. The molecule has 2 heterocycles. The van der Waals surface area contributed by atoms with E-state index in [1.807, 2.05) is 37.6 Å². The van der Waals surface area contributed by atoms with Gasteiger partial charge >= 0.3 is 0 Å². The van der Waals surface area contributed by atoms with Gasteiger partial charge in [-0.2, -0.15) is 5.10 Å². The Hall–Kier alpha value is -1.26. The lowest BCUT2D eigenvalue weighted by Gasteiger charge is -2.10. The molecule has 0 aliphatic heterocycles. The second-order valence-corrected chi connectivity index (χ2v) is 5.13. The van der Waals surface area contributed by atoms with Crippen LogP contribution in [-0.4, -0.2) is 14.9 Å². The van der Waals surface area contributed by atoms with Crippen LogP contribution in [0, 0.1) is 0 Å². The van der Waals surface area contributed by atoms with E-state index >= 15 is 0 Å². The van der Waals surface area contributed by atoms with Crippen LogP contribution in [0.4, 0.5) is 0 Å². The minimum absolute atomic E-state index is 0.413. The normalized spacial score (nSPS) is 12.8. The van der Waals surface area contributed by atoms with E-state index in [1.54, 1.807) is 0 Å². The first kappa shape index (κ1) is 15.1. The summed E-state index contributed by atoms with van der Waals surface area (Å²) in [5.41, 5.74) is 1.75. The Balaban J connectivity index is 2.22. The largest absolute Gasteiger partial charge is 0.463 e. The third-order valence-corrected chi connectivity index (χ3v) is 3.88. The molecule has 0 amide bonds. The van der Waals surface area contributed by atoms with E-state index in [4.69, 9.17) is 16.0 Å². The Morgan fingerprint density at radius 2 is 2.05 bits per heavy atom. The molecule has 0 fully saturated rings. The maximum Gasteiger partial charge on any atom is 0.133 e. The molecule has 0 radical (unpaired) electrons. The molecule has 0 saturated carbocycles. The summed E-state index contributed by atoms with van der Waals surface area (Å²) in [7, 11) is 0. The predicted octanol–water partition coefficient (Wildman–Crippen LogP) is 3.55. The molecule has 2 aromatic rings. The average Bonchev–Trinajstić information content (AvgIpc) is 3.05. The smallest absolute Gasteiger partial charge is 0.133 e. The van der Waals surface area contributed by atoms with Gasteiger partial charge in [0.1, 0.15) is 17.6 Å². The van der Waals surface area contributed by atoms with Gasteiger partial charge in [0.25, 0.3) is 0 Å². The third-order valence-electron chi connectivity index (χ3n) is 3.44. The maximum atomic E-state index is 10.3. The van der Waals surface area contributed by atoms with Crippen molar-refractivity contribution in [2.75, 3.05) is 0 Å². The lowest BCUT2D eigenvalue weighted by atomic mass is 10.1. The number of hydrogen-bond donors (Lipinski definition) is 1. The van der Waals surface area contributed by atoms with Crippen LogP contribution in [0.25, 0.3) is 0 Å². The SMILES string of the molecule is CCc1ccc(C(O)Cc2c(Cl)c(CC)nn2CC)o1. The molecule has 110 valence electrons. The first-order valence-electron chi connectivity index (χ1n) is 7.11. The molecular weight excluding hydrogens is 276 g/mol. The molecule has 0 bridgehead atoms. The van der Waals surface area contributed by atoms with Crippen molar-refractivity contribution in [1.82, 2.24) is 9.78 Å². The highest BCUT2D eigenvalue weighted by molar-refractivity contribution is 6.31. The van der Waals surface area contributed by atoms with Crippen molar-refractivity contribution in [3.05, 3.63) is 40.1 Å². The quantitative estimate of drug-likeness (QED) is 0.887. The van der Waals surface area contributed by atoms with Gasteiger partial charge in [-0.15, -0.1) is 0 Å². The first-order valence-corrected chi connectivity index (χ1v) is 7.49. The van der Waals surface area contributed by atoms with E-state index in [0.29, 0.717) is 17.2 Å². The van der Waals surface area contributed by atoms with Crippen molar-refractivity contribution < 1.29 is 9.52 Å². The summed E-state index contributed by atoms with van der Waals surface area (Å²) in [6.07, 6.45) is 1.33. The number of rotatable bonds is 6. The molecule has 0 aromatic carbocycles. The molecule has 0 spiro atoms. The van der Waals surface area contributed by atoms with E-state index in [-0.39, 0.29) is 0 Å². The van der Waals surface area contributed by atoms with Gasteiger partial charge in [0.15, 0.2) is 0 Å². The van der Waals surface area contributed by atoms with E-state index in [2.05, 4.69) is 5.10 Å². The van der Waals surface area contributed by atoms with Gasteiger partial charge in [-0.3, -0.25) is 4.68 Å². The fourth-order valence-electron chi connectivity index (χ4n) is 2.26. The second kappa shape index (κ2) is 6.46. The van der Waals surface area contributed by atoms with E-state index < -0.39 is 6.10 Å². The molecule has 2 rings (SSSR count). The van der Waals surface area contributed by atoms with Crippen LogP contribution >= 0.6 is 11.6 Å². The molecule has 1 unspecified atom stereocenters. The van der Waals surface area contributed by atoms with Crippen LogP contribution in [0.5, 0.6) is 0 Å². The van der Waals surface area contributed by atoms with Gasteiger partial charge in [-0.25, -0.2) is 0 Å². The number of aliphatic hydroxyl groups is 1. The van der Waals surface area contributed by atoms with Crippen LogP contribution in [0.15, 0.2) is 16.5 Å². The van der Waals surface area contributed by atoms with Gasteiger partial charge in [0.05, 0.1) is 16.4 Å². The zero-order valence-corrected chi connectivity index (χ0v) is 12.9. The summed E-state index contributed by atoms with van der Waals surface area (Å²) < 4.78 is 7.45. The monoisotopic (exact) mass is 296 g/mol. The summed E-state index contributed by atoms with van der Waals surface area (Å²) in [4.78, 5) is 0. The van der Waals surface area contributed by atoms with Crippen molar-refractivity contribution in [3.63, 3.8) is 0 Å². The van der Waals surface area contributed by atoms with Gasteiger partial charge in [-0.05, 0) is 25.5 Å². The minimum Gasteiger partial charge on any atom is -0.463 e. The first-order chi connectivity index (χ1) is 9.60. The Bertz CT molecular complexity index is 574. The van der Waals surface area contributed by atoms with Crippen molar-refractivity contribution in [2.45, 2.75) is 52.7 Å². The van der Waals surface area contributed by atoms with Crippen LogP contribution in [0.3, 0.4) is 0 Å². The maximum absolute atomic E-state index is 10.3. The average molecular weight is 297 g/mol. The Morgan fingerprint density at radius 3 is 2.60 bits per heavy atom. The van der Waals surface area contributed by atoms with Gasteiger partial charge in [0.2, 0.25) is 0 Å². The summed E-state index contributed by atoms with van der Waals surface area (Å²) in [6.45, 7) is 6.79. The molecule has 2 aromatic heterocycles.